The van der Waals surface area contributed by atoms with Gasteiger partial charge < -0.3 is 0 Å². The Kier molecular flexibility index (Phi) is 4.31. The van der Waals surface area contributed by atoms with Crippen molar-refractivity contribution in [3.8, 4) is 0 Å². The van der Waals surface area contributed by atoms with Crippen LogP contribution in [0.2, 0.25) is 0 Å². The fourth-order valence-electron chi connectivity index (χ4n) is 1.69. The Morgan fingerprint density at radius 3 is 2.29 bits per heavy atom. The number of aryl methyl sites for hydroxylation is 1. The lowest BCUT2D eigenvalue weighted by molar-refractivity contribution is 0.461. The number of hydrogen-bond donors (Lipinski definition) is 0. The van der Waals surface area contributed by atoms with Crippen LogP contribution in [0.1, 0.15) is 39.0 Å². The first-order valence-corrected chi connectivity index (χ1v) is 7.68. The Balaban J connectivity index is 2.76. The summed E-state index contributed by atoms with van der Waals surface area (Å²) in [5.41, 5.74) is 1.55. The number of sulfone groups is 1. The van der Waals surface area contributed by atoms with Crippen LogP contribution >= 0.6 is 0 Å². The number of hydrogen-bond acceptors (Lipinski definition) is 3. The molecule has 1 aromatic heterocycles. The molecule has 17 heavy (non-hydrogen) atoms. The van der Waals surface area contributed by atoms with Crippen molar-refractivity contribution >= 4 is 9.84 Å². The molecule has 0 bridgehead atoms. The van der Waals surface area contributed by atoms with Gasteiger partial charge in [0.1, 0.15) is 0 Å². The number of nitrogens with zero attached hydrogens (tertiary/aromatic N) is 1. The molecule has 0 fully saturated rings. The van der Waals surface area contributed by atoms with Gasteiger partial charge in [-0.15, -0.1) is 0 Å². The van der Waals surface area contributed by atoms with Crippen LogP contribution in [0, 0.1) is 5.41 Å². The van der Waals surface area contributed by atoms with E-state index in [1.807, 2.05) is 33.8 Å². The topological polar surface area (TPSA) is 47.0 Å². The van der Waals surface area contributed by atoms with E-state index in [9.17, 15) is 8.42 Å². The highest BCUT2D eigenvalue weighted by molar-refractivity contribution is 7.90. The third-order valence-corrected chi connectivity index (χ3v) is 4.36. The summed E-state index contributed by atoms with van der Waals surface area (Å²) in [5.74, 6) is 0.228. The minimum absolute atomic E-state index is 0.0360. The summed E-state index contributed by atoms with van der Waals surface area (Å²) >= 11 is 0. The van der Waals surface area contributed by atoms with E-state index in [-0.39, 0.29) is 16.9 Å². The second-order valence-electron chi connectivity index (χ2n) is 5.60. The molecule has 0 aliphatic rings. The van der Waals surface area contributed by atoms with Gasteiger partial charge in [-0.1, -0.05) is 33.8 Å². The van der Waals surface area contributed by atoms with Gasteiger partial charge in [0.25, 0.3) is 0 Å². The van der Waals surface area contributed by atoms with Crippen molar-refractivity contribution in [2.45, 2.75) is 39.9 Å². The summed E-state index contributed by atoms with van der Waals surface area (Å²) in [7, 11) is -3.07. The molecular weight excluding hydrogens is 234 g/mol. The summed E-state index contributed by atoms with van der Waals surface area (Å²) in [5, 5.41) is 0. The normalized spacial score (nSPS) is 12.7. The molecule has 0 aliphatic heterocycles. The maximum atomic E-state index is 11.9. The number of pyridine rings is 1. The van der Waals surface area contributed by atoms with Crippen molar-refractivity contribution in [2.24, 2.45) is 5.41 Å². The SMILES string of the molecule is CCc1ccc(CS(=O)(=O)CC(C)(C)C)nc1. The Hall–Kier alpha value is -0.900. The van der Waals surface area contributed by atoms with Crippen LogP contribution in [0.4, 0.5) is 0 Å². The fraction of sp³-hybridized carbons (Fsp3) is 0.615. The van der Waals surface area contributed by atoms with Crippen molar-refractivity contribution in [2.75, 3.05) is 5.75 Å². The Labute approximate surface area is 104 Å². The maximum absolute atomic E-state index is 11.9. The van der Waals surface area contributed by atoms with Gasteiger partial charge in [0.2, 0.25) is 0 Å². The summed E-state index contributed by atoms with van der Waals surface area (Å²) in [6, 6.07) is 3.74. The summed E-state index contributed by atoms with van der Waals surface area (Å²) in [4.78, 5) is 4.19. The fourth-order valence-corrected chi connectivity index (χ4v) is 3.73. The van der Waals surface area contributed by atoms with Gasteiger partial charge in [-0.3, -0.25) is 4.98 Å². The molecule has 0 amide bonds. The maximum Gasteiger partial charge on any atom is 0.156 e. The van der Waals surface area contributed by atoms with Crippen LogP contribution in [-0.2, 0) is 22.0 Å². The predicted molar refractivity (Wildman–Crippen MR) is 70.6 cm³/mol. The van der Waals surface area contributed by atoms with Gasteiger partial charge in [0.05, 0.1) is 17.2 Å². The van der Waals surface area contributed by atoms with E-state index >= 15 is 0 Å². The first kappa shape index (κ1) is 14.2. The standard InChI is InChI=1S/C13H21NO2S/c1-5-11-6-7-12(14-8-11)9-17(15,16)10-13(2,3)4/h6-8H,5,9-10H2,1-4H3. The molecule has 4 heteroatoms. The average molecular weight is 255 g/mol. The van der Waals surface area contributed by atoms with E-state index in [1.165, 1.54) is 0 Å². The average Bonchev–Trinajstić information content (AvgIpc) is 2.14. The van der Waals surface area contributed by atoms with Crippen molar-refractivity contribution in [3.63, 3.8) is 0 Å². The molecule has 1 heterocycles. The molecule has 1 aromatic rings. The molecule has 0 saturated heterocycles. The smallest absolute Gasteiger partial charge is 0.156 e. The highest BCUT2D eigenvalue weighted by Gasteiger charge is 2.22. The summed E-state index contributed by atoms with van der Waals surface area (Å²) < 4.78 is 23.9. The van der Waals surface area contributed by atoms with Crippen molar-refractivity contribution in [3.05, 3.63) is 29.6 Å². The van der Waals surface area contributed by atoms with Gasteiger partial charge in [0, 0.05) is 6.20 Å². The molecule has 0 aliphatic carbocycles. The molecule has 0 N–H and O–H groups in total. The van der Waals surface area contributed by atoms with E-state index < -0.39 is 9.84 Å². The second kappa shape index (κ2) is 5.17. The minimum Gasteiger partial charge on any atom is -0.260 e. The first-order valence-electron chi connectivity index (χ1n) is 5.86. The lowest BCUT2D eigenvalue weighted by atomic mass is 10.0. The van der Waals surface area contributed by atoms with Crippen LogP contribution < -0.4 is 0 Å². The molecule has 0 atom stereocenters. The van der Waals surface area contributed by atoms with E-state index in [2.05, 4.69) is 4.98 Å². The van der Waals surface area contributed by atoms with Gasteiger partial charge in [-0.2, -0.15) is 0 Å². The third-order valence-electron chi connectivity index (χ3n) is 2.31. The summed E-state index contributed by atoms with van der Waals surface area (Å²) in [6.07, 6.45) is 2.67. The summed E-state index contributed by atoms with van der Waals surface area (Å²) in [6.45, 7) is 7.83. The quantitative estimate of drug-likeness (QED) is 0.831. The van der Waals surface area contributed by atoms with Crippen LogP contribution in [0.5, 0.6) is 0 Å². The number of rotatable bonds is 4. The Morgan fingerprint density at radius 2 is 1.88 bits per heavy atom. The third kappa shape index (κ3) is 5.31. The minimum atomic E-state index is -3.07. The Morgan fingerprint density at radius 1 is 1.24 bits per heavy atom. The molecule has 1 rings (SSSR count). The highest BCUT2D eigenvalue weighted by atomic mass is 32.2. The lowest BCUT2D eigenvalue weighted by Gasteiger charge is -2.17. The monoisotopic (exact) mass is 255 g/mol. The highest BCUT2D eigenvalue weighted by Crippen LogP contribution is 2.18. The van der Waals surface area contributed by atoms with Gasteiger partial charge in [0.15, 0.2) is 9.84 Å². The first-order chi connectivity index (χ1) is 7.72. The second-order valence-corrected chi connectivity index (χ2v) is 7.67. The zero-order valence-electron chi connectivity index (χ0n) is 11.0. The molecule has 0 saturated carbocycles. The van der Waals surface area contributed by atoms with E-state index in [1.54, 1.807) is 12.3 Å². The van der Waals surface area contributed by atoms with Crippen LogP contribution in [0.25, 0.3) is 0 Å². The molecular formula is C13H21NO2S. The molecule has 0 aromatic carbocycles. The van der Waals surface area contributed by atoms with Crippen molar-refractivity contribution in [1.29, 1.82) is 0 Å². The molecule has 0 radical (unpaired) electrons. The largest absolute Gasteiger partial charge is 0.260 e. The molecule has 0 unspecified atom stereocenters. The van der Waals surface area contributed by atoms with Crippen LogP contribution in [-0.4, -0.2) is 19.2 Å². The van der Waals surface area contributed by atoms with Gasteiger partial charge in [-0.25, -0.2) is 8.42 Å². The Bertz CT molecular complexity index is 455. The van der Waals surface area contributed by atoms with E-state index in [0.29, 0.717) is 5.69 Å². The zero-order valence-corrected chi connectivity index (χ0v) is 11.8. The van der Waals surface area contributed by atoms with Gasteiger partial charge >= 0.3 is 0 Å². The van der Waals surface area contributed by atoms with Crippen molar-refractivity contribution in [1.82, 2.24) is 4.98 Å². The number of aromatic nitrogens is 1. The molecule has 96 valence electrons. The molecule has 0 spiro atoms. The lowest BCUT2D eigenvalue weighted by Crippen LogP contribution is -2.22. The van der Waals surface area contributed by atoms with E-state index in [0.717, 1.165) is 12.0 Å². The zero-order chi connectivity index (χ0) is 13.1. The van der Waals surface area contributed by atoms with Crippen LogP contribution in [0.3, 0.4) is 0 Å². The van der Waals surface area contributed by atoms with Crippen molar-refractivity contribution < 1.29 is 8.42 Å². The van der Waals surface area contributed by atoms with Crippen LogP contribution in [0.15, 0.2) is 18.3 Å². The van der Waals surface area contributed by atoms with E-state index in [4.69, 9.17) is 0 Å². The predicted octanol–water partition coefficient (Wildman–Crippen LogP) is 2.60. The van der Waals surface area contributed by atoms with Gasteiger partial charge in [-0.05, 0) is 23.5 Å². The molecule has 3 nitrogen and oxygen atoms in total.